The summed E-state index contributed by atoms with van der Waals surface area (Å²) in [5.41, 5.74) is 2.72. The first kappa shape index (κ1) is 29.9. The highest BCUT2D eigenvalue weighted by Crippen LogP contribution is 2.50. The van der Waals surface area contributed by atoms with E-state index in [0.29, 0.717) is 0 Å². The molecule has 3 aromatic rings. The lowest BCUT2D eigenvalue weighted by Crippen LogP contribution is -2.41. The number of aliphatic hydroxyl groups is 2. The lowest BCUT2D eigenvalue weighted by Gasteiger charge is -2.34. The fourth-order valence-electron chi connectivity index (χ4n) is 4.87. The number of rotatable bonds is 2. The second-order valence-electron chi connectivity index (χ2n) is 9.53. The quantitative estimate of drug-likeness (QED) is 0.163. The molecule has 6 rings (SSSR count). The summed E-state index contributed by atoms with van der Waals surface area (Å²) < 4.78 is 58.4. The van der Waals surface area contributed by atoms with Crippen LogP contribution in [0.1, 0.15) is 12.5 Å². The van der Waals surface area contributed by atoms with Crippen LogP contribution in [0.15, 0.2) is 33.0 Å². The van der Waals surface area contributed by atoms with Crippen molar-refractivity contribution >= 4 is 32.8 Å². The maximum atomic E-state index is 12.8. The van der Waals surface area contributed by atoms with Crippen molar-refractivity contribution in [2.45, 2.75) is 49.1 Å². The fraction of sp³-hybridized carbons (Fsp3) is 0.526. The molecular weight excluding hydrogens is 628 g/mol. The minimum absolute atomic E-state index is 0.155. The molecule has 234 valence electrons. The Hall–Kier alpha value is -3.11. The number of hydrogen-bond donors (Lipinski definition) is 5. The number of aliphatic hydroxyl groups excluding tert-OH is 2. The zero-order valence-corrected chi connectivity index (χ0v) is 23.0. The van der Waals surface area contributed by atoms with E-state index in [1.165, 1.54) is 0 Å². The Labute approximate surface area is 236 Å². The van der Waals surface area contributed by atoms with E-state index in [9.17, 15) is 43.5 Å². The minimum atomic E-state index is -5.37. The lowest BCUT2D eigenvalue weighted by molar-refractivity contribution is -0.244. The number of imidazole rings is 1. The molecule has 3 aliphatic rings. The molecule has 0 aliphatic carbocycles. The van der Waals surface area contributed by atoms with Gasteiger partial charge in [-0.3, -0.25) is 37.8 Å². The number of ether oxygens (including phenoxy) is 2. The standard InChI is InChI=1S/C19H23N7O15P2/c20-18-23-14-9(15(30)24-18)21-5-26(14)17-11(29)13-7(39-17)4-37-42(32,33)40-12-6(3-36-43(34,35)41-13)38-16(10(12)28)25-2-1-8(27)22-19(25)31/h1-2,5-7,10-13,16-17,28-29H,3-4H2,(H,32,33)(H,34,35)(H,22,27,31)(H3,20,23,24,30)/p-2/t6-,7-,10-,11-,12?,13?,16+,17+/m0/s1. The number of phosphoric acid groups is 2. The summed E-state index contributed by atoms with van der Waals surface area (Å²) in [6, 6.07) is 0.925. The van der Waals surface area contributed by atoms with Crippen LogP contribution < -0.4 is 32.3 Å². The average molecular weight is 649 g/mol. The topological polar surface area (TPSA) is 321 Å². The van der Waals surface area contributed by atoms with Crippen molar-refractivity contribution in [1.82, 2.24) is 29.1 Å². The number of anilines is 1. The van der Waals surface area contributed by atoms with Gasteiger partial charge in [-0.2, -0.15) is 4.98 Å². The Morgan fingerprint density at radius 1 is 0.930 bits per heavy atom. The molecule has 3 saturated heterocycles. The number of fused-ring (bicyclic) bond motifs is 3. The van der Waals surface area contributed by atoms with Crippen molar-refractivity contribution in [3.63, 3.8) is 0 Å². The van der Waals surface area contributed by atoms with Gasteiger partial charge < -0.3 is 53.3 Å². The summed E-state index contributed by atoms with van der Waals surface area (Å²) in [6.45, 7) is -1.97. The number of nitrogens with two attached hydrogens (primary N) is 1. The van der Waals surface area contributed by atoms with Gasteiger partial charge in [0.05, 0.1) is 19.5 Å². The smallest absolute Gasteiger partial charge is 0.330 e. The van der Waals surface area contributed by atoms with Gasteiger partial charge in [-0.05, 0) is 0 Å². The SMILES string of the molecule is Nc1nc2c(ncn2[C@@H]2O[C@H]3COP(=O)([O-])OC4[C@H](COP(=O)([O-])OC3[C@@H]2O)O[C@@H](n2ccc(=O)[nH]c2=O)[C@H]4O)c(=O)[nH]1. The minimum Gasteiger partial charge on any atom is -0.756 e. The number of aromatic amines is 2. The number of H-pyrrole nitrogens is 2. The van der Waals surface area contributed by atoms with Gasteiger partial charge in [-0.15, -0.1) is 0 Å². The normalized spacial score (nSPS) is 38.7. The van der Waals surface area contributed by atoms with E-state index in [0.717, 1.165) is 27.7 Å². The van der Waals surface area contributed by atoms with Crippen molar-refractivity contribution in [2.24, 2.45) is 0 Å². The van der Waals surface area contributed by atoms with Crippen LogP contribution in [0.2, 0.25) is 0 Å². The maximum absolute atomic E-state index is 12.8. The van der Waals surface area contributed by atoms with Crippen LogP contribution in [0.3, 0.4) is 0 Å². The van der Waals surface area contributed by atoms with Gasteiger partial charge in [0, 0.05) is 12.3 Å². The molecule has 6 N–H and O–H groups in total. The Bertz CT molecular complexity index is 1820. The van der Waals surface area contributed by atoms with E-state index >= 15 is 0 Å². The van der Waals surface area contributed by atoms with Crippen LogP contribution in [0.25, 0.3) is 11.2 Å². The van der Waals surface area contributed by atoms with Gasteiger partial charge >= 0.3 is 5.69 Å². The Morgan fingerprint density at radius 2 is 1.49 bits per heavy atom. The molecule has 3 aromatic heterocycles. The third kappa shape index (κ3) is 5.64. The summed E-state index contributed by atoms with van der Waals surface area (Å²) >= 11 is 0. The molecule has 4 unspecified atom stereocenters. The van der Waals surface area contributed by atoms with E-state index in [2.05, 4.69) is 15.0 Å². The summed E-state index contributed by atoms with van der Waals surface area (Å²) in [6.07, 6.45) is -11.9. The first-order chi connectivity index (χ1) is 20.2. The molecule has 24 heteroatoms. The predicted molar refractivity (Wildman–Crippen MR) is 131 cm³/mol. The number of nitrogens with zero attached hydrogens (tertiary/aromatic N) is 4. The number of nitrogen functional groups attached to an aromatic ring is 1. The summed E-state index contributed by atoms with van der Waals surface area (Å²) in [5, 5.41) is 21.8. The maximum Gasteiger partial charge on any atom is 0.330 e. The molecule has 6 heterocycles. The molecular formula is C19H21N7O15P2-2. The predicted octanol–water partition coefficient (Wildman–Crippen LogP) is -4.48. The molecule has 43 heavy (non-hydrogen) atoms. The Kier molecular flexibility index (Phi) is 7.52. The molecule has 0 radical (unpaired) electrons. The molecule has 0 amide bonds. The van der Waals surface area contributed by atoms with Crippen molar-refractivity contribution in [3.05, 3.63) is 49.8 Å². The van der Waals surface area contributed by atoms with Gasteiger partial charge in [0.1, 0.15) is 36.6 Å². The molecule has 0 aromatic carbocycles. The first-order valence-electron chi connectivity index (χ1n) is 12.2. The average Bonchev–Trinajstić information content (AvgIpc) is 3.56. The van der Waals surface area contributed by atoms with Gasteiger partial charge in [0.25, 0.3) is 26.8 Å². The van der Waals surface area contributed by atoms with Gasteiger partial charge in [-0.25, -0.2) is 9.78 Å². The Balaban J connectivity index is 1.29. The highest BCUT2D eigenvalue weighted by molar-refractivity contribution is 7.46. The van der Waals surface area contributed by atoms with Crippen molar-refractivity contribution in [3.8, 4) is 0 Å². The monoisotopic (exact) mass is 649 g/mol. The Morgan fingerprint density at radius 3 is 2.05 bits per heavy atom. The molecule has 0 saturated carbocycles. The third-order valence-electron chi connectivity index (χ3n) is 6.76. The molecule has 3 fully saturated rings. The fourth-order valence-corrected chi connectivity index (χ4v) is 6.77. The van der Waals surface area contributed by atoms with Crippen LogP contribution in [0.5, 0.6) is 0 Å². The van der Waals surface area contributed by atoms with Gasteiger partial charge in [0.2, 0.25) is 5.95 Å². The number of aromatic nitrogens is 6. The molecule has 0 spiro atoms. The van der Waals surface area contributed by atoms with Crippen molar-refractivity contribution in [2.75, 3.05) is 18.9 Å². The highest BCUT2D eigenvalue weighted by atomic mass is 31.2. The summed E-state index contributed by atoms with van der Waals surface area (Å²) in [4.78, 5) is 73.4. The molecule has 3 aliphatic heterocycles. The summed E-state index contributed by atoms with van der Waals surface area (Å²) in [5.74, 6) is -0.303. The zero-order valence-electron chi connectivity index (χ0n) is 21.2. The number of phosphoric ester groups is 2. The highest BCUT2D eigenvalue weighted by Gasteiger charge is 2.51. The zero-order chi connectivity index (χ0) is 30.8. The van der Waals surface area contributed by atoms with E-state index < -0.39 is 94.7 Å². The van der Waals surface area contributed by atoms with E-state index in [1.54, 1.807) is 0 Å². The van der Waals surface area contributed by atoms with Crippen LogP contribution in [-0.4, -0.2) is 89.1 Å². The van der Waals surface area contributed by atoms with Gasteiger partial charge in [0.15, 0.2) is 23.6 Å². The van der Waals surface area contributed by atoms with Crippen molar-refractivity contribution < 1.29 is 56.7 Å². The molecule has 22 nitrogen and oxygen atoms in total. The second-order valence-corrected chi connectivity index (χ2v) is 12.3. The largest absolute Gasteiger partial charge is 0.756 e. The van der Waals surface area contributed by atoms with Crippen LogP contribution in [0.4, 0.5) is 5.95 Å². The molecule has 0 bridgehead atoms. The first-order valence-corrected chi connectivity index (χ1v) is 15.1. The number of hydrogen-bond acceptors (Lipinski definition) is 18. The summed E-state index contributed by atoms with van der Waals surface area (Å²) in [7, 11) is -10.7. The molecule has 10 atom stereocenters. The number of nitrogens with one attached hydrogen (secondary N) is 2. The van der Waals surface area contributed by atoms with Crippen molar-refractivity contribution in [1.29, 1.82) is 0 Å². The van der Waals surface area contributed by atoms with Crippen LogP contribution >= 0.6 is 15.6 Å². The van der Waals surface area contributed by atoms with E-state index in [-0.39, 0.29) is 17.1 Å². The second kappa shape index (κ2) is 10.8. The van der Waals surface area contributed by atoms with Crippen LogP contribution in [-0.2, 0) is 36.7 Å². The third-order valence-corrected chi connectivity index (χ3v) is 8.70. The van der Waals surface area contributed by atoms with Crippen LogP contribution in [0, 0.1) is 0 Å². The van der Waals surface area contributed by atoms with E-state index in [4.69, 9.17) is 33.3 Å². The lowest BCUT2D eigenvalue weighted by atomic mass is 10.1. The van der Waals surface area contributed by atoms with Gasteiger partial charge in [-0.1, -0.05) is 0 Å². The van der Waals surface area contributed by atoms with E-state index in [1.807, 2.05) is 4.98 Å².